The SMILES string of the molecule is CC[C@H](C)c1ccc(NC(=O)COC(=O)CNC(=O)/C=C/c2ccccc2)cc1. The lowest BCUT2D eigenvalue weighted by atomic mass is 9.99. The largest absolute Gasteiger partial charge is 0.454 e. The van der Waals surface area contributed by atoms with Crippen LogP contribution < -0.4 is 10.6 Å². The molecule has 1 atom stereocenters. The fraction of sp³-hybridized carbons (Fsp3) is 0.261. The highest BCUT2D eigenvalue weighted by Crippen LogP contribution is 2.20. The maximum absolute atomic E-state index is 11.9. The molecule has 2 N–H and O–H groups in total. The number of amides is 2. The number of anilines is 1. The van der Waals surface area contributed by atoms with Gasteiger partial charge in [-0.25, -0.2) is 0 Å². The predicted molar refractivity (Wildman–Crippen MR) is 113 cm³/mol. The van der Waals surface area contributed by atoms with Gasteiger partial charge in [-0.1, -0.05) is 56.3 Å². The van der Waals surface area contributed by atoms with E-state index in [0.717, 1.165) is 12.0 Å². The molecule has 0 aromatic heterocycles. The van der Waals surface area contributed by atoms with E-state index in [-0.39, 0.29) is 6.54 Å². The zero-order valence-electron chi connectivity index (χ0n) is 16.7. The summed E-state index contributed by atoms with van der Waals surface area (Å²) >= 11 is 0. The molecule has 0 fully saturated rings. The van der Waals surface area contributed by atoms with Crippen LogP contribution in [0.2, 0.25) is 0 Å². The second-order valence-corrected chi connectivity index (χ2v) is 6.60. The Hall–Kier alpha value is -3.41. The molecule has 29 heavy (non-hydrogen) atoms. The normalized spacial score (nSPS) is 11.7. The summed E-state index contributed by atoms with van der Waals surface area (Å²) in [5, 5.41) is 5.09. The van der Waals surface area contributed by atoms with Crippen molar-refractivity contribution in [1.29, 1.82) is 0 Å². The third-order valence-corrected chi connectivity index (χ3v) is 4.37. The molecule has 6 nitrogen and oxygen atoms in total. The van der Waals surface area contributed by atoms with Gasteiger partial charge >= 0.3 is 5.97 Å². The van der Waals surface area contributed by atoms with E-state index < -0.39 is 24.4 Å². The summed E-state index contributed by atoms with van der Waals surface area (Å²) in [6.45, 7) is 3.54. The number of esters is 1. The van der Waals surface area contributed by atoms with Crippen LogP contribution in [-0.4, -0.2) is 30.9 Å². The predicted octanol–water partition coefficient (Wildman–Crippen LogP) is 3.51. The molecule has 0 bridgehead atoms. The van der Waals surface area contributed by atoms with Crippen LogP contribution in [0.3, 0.4) is 0 Å². The third kappa shape index (κ3) is 8.01. The number of carbonyl (C=O) groups excluding carboxylic acids is 3. The van der Waals surface area contributed by atoms with Crippen LogP contribution >= 0.6 is 0 Å². The van der Waals surface area contributed by atoms with Gasteiger partial charge in [0.05, 0.1) is 0 Å². The molecule has 0 radical (unpaired) electrons. The standard InChI is InChI=1S/C23H26N2O4/c1-3-17(2)19-10-12-20(13-11-19)25-22(27)16-29-23(28)15-24-21(26)14-9-18-7-5-4-6-8-18/h4-14,17H,3,15-16H2,1-2H3,(H,24,26)(H,25,27)/b14-9+/t17-/m0/s1. The van der Waals surface area contributed by atoms with E-state index in [1.54, 1.807) is 6.08 Å². The monoisotopic (exact) mass is 394 g/mol. The van der Waals surface area contributed by atoms with Crippen molar-refractivity contribution in [1.82, 2.24) is 5.32 Å². The summed E-state index contributed by atoms with van der Waals surface area (Å²) in [7, 11) is 0. The van der Waals surface area contributed by atoms with Crippen LogP contribution in [0.1, 0.15) is 37.3 Å². The quantitative estimate of drug-likeness (QED) is 0.503. The Morgan fingerprint density at radius 1 is 1.03 bits per heavy atom. The molecule has 152 valence electrons. The Balaban J connectivity index is 1.68. The van der Waals surface area contributed by atoms with E-state index in [9.17, 15) is 14.4 Å². The van der Waals surface area contributed by atoms with Crippen molar-refractivity contribution >= 4 is 29.5 Å². The van der Waals surface area contributed by atoms with Crippen LogP contribution in [-0.2, 0) is 19.1 Å². The van der Waals surface area contributed by atoms with Gasteiger partial charge in [-0.3, -0.25) is 14.4 Å². The Morgan fingerprint density at radius 3 is 2.38 bits per heavy atom. The van der Waals surface area contributed by atoms with E-state index in [0.29, 0.717) is 11.6 Å². The highest BCUT2D eigenvalue weighted by molar-refractivity contribution is 5.95. The third-order valence-electron chi connectivity index (χ3n) is 4.37. The number of hydrogen-bond donors (Lipinski definition) is 2. The molecule has 2 aromatic carbocycles. The molecule has 2 rings (SSSR count). The van der Waals surface area contributed by atoms with Gasteiger partial charge < -0.3 is 15.4 Å². The average molecular weight is 394 g/mol. The van der Waals surface area contributed by atoms with E-state index in [1.165, 1.54) is 11.6 Å². The van der Waals surface area contributed by atoms with Crippen LogP contribution in [0.5, 0.6) is 0 Å². The Kier molecular flexibility index (Phi) is 8.63. The number of ether oxygens (including phenoxy) is 1. The summed E-state index contributed by atoms with van der Waals surface area (Å²) in [6.07, 6.45) is 4.01. The Bertz CT molecular complexity index is 845. The maximum Gasteiger partial charge on any atom is 0.325 e. The highest BCUT2D eigenvalue weighted by atomic mass is 16.5. The van der Waals surface area contributed by atoms with Gasteiger partial charge in [0.1, 0.15) is 6.54 Å². The second-order valence-electron chi connectivity index (χ2n) is 6.60. The van der Waals surface area contributed by atoms with Crippen molar-refractivity contribution in [3.63, 3.8) is 0 Å². The number of benzene rings is 2. The van der Waals surface area contributed by atoms with Crippen LogP contribution in [0, 0.1) is 0 Å². The number of nitrogens with one attached hydrogen (secondary N) is 2. The van der Waals surface area contributed by atoms with Crippen molar-refractivity contribution in [2.75, 3.05) is 18.5 Å². The molecule has 0 aliphatic rings. The van der Waals surface area contributed by atoms with Crippen molar-refractivity contribution in [2.24, 2.45) is 0 Å². The van der Waals surface area contributed by atoms with Crippen LogP contribution in [0.4, 0.5) is 5.69 Å². The van der Waals surface area contributed by atoms with Crippen LogP contribution in [0.25, 0.3) is 6.08 Å². The number of rotatable bonds is 9. The second kappa shape index (κ2) is 11.4. The van der Waals surface area contributed by atoms with Crippen molar-refractivity contribution in [3.8, 4) is 0 Å². The van der Waals surface area contributed by atoms with E-state index in [4.69, 9.17) is 4.74 Å². The zero-order chi connectivity index (χ0) is 21.1. The first-order chi connectivity index (χ1) is 14.0. The van der Waals surface area contributed by atoms with E-state index >= 15 is 0 Å². The first kappa shape index (κ1) is 21.9. The maximum atomic E-state index is 11.9. The van der Waals surface area contributed by atoms with Crippen molar-refractivity contribution in [2.45, 2.75) is 26.2 Å². The lowest BCUT2D eigenvalue weighted by Crippen LogP contribution is -2.31. The zero-order valence-corrected chi connectivity index (χ0v) is 16.7. The minimum absolute atomic E-state index is 0.311. The first-order valence-corrected chi connectivity index (χ1v) is 9.54. The molecular weight excluding hydrogens is 368 g/mol. The molecule has 0 spiro atoms. The van der Waals surface area contributed by atoms with E-state index in [1.807, 2.05) is 54.6 Å². The topological polar surface area (TPSA) is 84.5 Å². The number of hydrogen-bond acceptors (Lipinski definition) is 4. The molecule has 2 aromatic rings. The fourth-order valence-corrected chi connectivity index (χ4v) is 2.48. The van der Waals surface area contributed by atoms with Crippen molar-refractivity contribution in [3.05, 3.63) is 71.8 Å². The lowest BCUT2D eigenvalue weighted by molar-refractivity contribution is -0.146. The summed E-state index contributed by atoms with van der Waals surface area (Å²) in [5.74, 6) is -1.09. The molecule has 2 amide bonds. The van der Waals surface area contributed by atoms with Gasteiger partial charge in [0.15, 0.2) is 6.61 Å². The van der Waals surface area contributed by atoms with Gasteiger partial charge in [0, 0.05) is 11.8 Å². The molecular formula is C23H26N2O4. The number of carbonyl (C=O) groups is 3. The van der Waals surface area contributed by atoms with Gasteiger partial charge in [-0.2, -0.15) is 0 Å². The molecule has 6 heteroatoms. The van der Waals surface area contributed by atoms with Crippen molar-refractivity contribution < 1.29 is 19.1 Å². The first-order valence-electron chi connectivity index (χ1n) is 9.54. The highest BCUT2D eigenvalue weighted by Gasteiger charge is 2.09. The summed E-state index contributed by atoms with van der Waals surface area (Å²) < 4.78 is 4.88. The summed E-state index contributed by atoms with van der Waals surface area (Å²) in [5.41, 5.74) is 2.71. The van der Waals surface area contributed by atoms with Gasteiger partial charge in [-0.15, -0.1) is 0 Å². The molecule has 0 unspecified atom stereocenters. The molecule has 0 aliphatic carbocycles. The molecule has 0 aliphatic heterocycles. The smallest absolute Gasteiger partial charge is 0.325 e. The van der Waals surface area contributed by atoms with E-state index in [2.05, 4.69) is 24.5 Å². The van der Waals surface area contributed by atoms with Crippen LogP contribution in [0.15, 0.2) is 60.7 Å². The lowest BCUT2D eigenvalue weighted by Gasteiger charge is -2.10. The minimum atomic E-state index is -0.686. The Labute approximate surface area is 171 Å². The fourth-order valence-electron chi connectivity index (χ4n) is 2.48. The minimum Gasteiger partial charge on any atom is -0.454 e. The van der Waals surface area contributed by atoms with Gasteiger partial charge in [-0.05, 0) is 41.7 Å². The molecule has 0 heterocycles. The Morgan fingerprint density at radius 2 is 1.72 bits per heavy atom. The average Bonchev–Trinajstić information content (AvgIpc) is 2.75. The summed E-state index contributed by atoms with van der Waals surface area (Å²) in [6, 6.07) is 16.9. The summed E-state index contributed by atoms with van der Waals surface area (Å²) in [4.78, 5) is 35.3. The van der Waals surface area contributed by atoms with Gasteiger partial charge in [0.2, 0.25) is 5.91 Å². The molecule has 0 saturated carbocycles. The van der Waals surface area contributed by atoms with Gasteiger partial charge in [0.25, 0.3) is 5.91 Å². The molecule has 0 saturated heterocycles.